The molecule has 116 valence electrons. The second kappa shape index (κ2) is 5.56. The van der Waals surface area contributed by atoms with Crippen LogP contribution in [0.4, 0.5) is 0 Å². The summed E-state index contributed by atoms with van der Waals surface area (Å²) in [6.07, 6.45) is 1.23. The first-order chi connectivity index (χ1) is 10.2. The van der Waals surface area contributed by atoms with Crippen LogP contribution in [0.2, 0.25) is 0 Å². The number of carbonyl (C=O) groups excluding carboxylic acids is 1. The number of nitrogens with one attached hydrogen (secondary N) is 1. The maximum atomic E-state index is 12.1. The molecule has 1 amide bonds. The van der Waals surface area contributed by atoms with Crippen LogP contribution in [0.25, 0.3) is 10.8 Å². The summed E-state index contributed by atoms with van der Waals surface area (Å²) in [5, 5.41) is 5.55. The Morgan fingerprint density at radius 3 is 2.82 bits per heavy atom. The number of likely N-dealkylation sites (tertiary alicyclic amines) is 1. The van der Waals surface area contributed by atoms with Gasteiger partial charge in [-0.2, -0.15) is 0 Å². The van der Waals surface area contributed by atoms with Gasteiger partial charge in [0.25, 0.3) is 0 Å². The van der Waals surface area contributed by atoms with Crippen molar-refractivity contribution in [2.45, 2.75) is 11.8 Å². The third-order valence-corrected chi connectivity index (χ3v) is 5.15. The molecule has 0 bridgehead atoms. The molecule has 2 fully saturated rings. The number of nitrogens with zero attached hydrogens (tertiary/aromatic N) is 1. The maximum absolute atomic E-state index is 12.1. The van der Waals surface area contributed by atoms with Crippen molar-refractivity contribution >= 4 is 29.1 Å². The van der Waals surface area contributed by atoms with E-state index in [1.807, 2.05) is 11.9 Å². The van der Waals surface area contributed by atoms with Crippen LogP contribution in [0.15, 0.2) is 42.5 Å². The number of amides is 1. The van der Waals surface area contributed by atoms with E-state index in [1.54, 1.807) is 0 Å². The molecule has 1 aliphatic heterocycles. The Morgan fingerprint density at radius 2 is 2.05 bits per heavy atom. The molecule has 1 saturated carbocycles. The first-order valence-electron chi connectivity index (χ1n) is 7.64. The van der Waals surface area contributed by atoms with Gasteiger partial charge in [0.15, 0.2) is 0 Å². The van der Waals surface area contributed by atoms with E-state index in [1.165, 1.54) is 22.8 Å². The van der Waals surface area contributed by atoms with E-state index >= 15 is 0 Å². The Balaban J connectivity index is 0.00000144. The summed E-state index contributed by atoms with van der Waals surface area (Å²) in [5.41, 5.74) is 1.64. The average molecular weight is 317 g/mol. The molecule has 4 rings (SSSR count). The van der Waals surface area contributed by atoms with E-state index in [-0.39, 0.29) is 23.7 Å². The SMILES string of the molecule is CNCC(=O)N1C[C@H]2C[C@@]2(c2ccc3ccccc3c2)C1.Cl. The van der Waals surface area contributed by atoms with E-state index in [0.717, 1.165) is 13.1 Å². The highest BCUT2D eigenvalue weighted by atomic mass is 35.5. The van der Waals surface area contributed by atoms with Gasteiger partial charge in [-0.15, -0.1) is 12.4 Å². The standard InChI is InChI=1S/C18H20N2O.ClH/c1-19-10-17(21)20-11-16-9-18(16,12-20)15-7-6-13-4-2-3-5-14(13)8-15;/h2-8,16,19H,9-12H2,1H3;1H/t16-,18+;/m1./s1. The molecule has 22 heavy (non-hydrogen) atoms. The molecule has 1 aliphatic carbocycles. The highest BCUT2D eigenvalue weighted by molar-refractivity contribution is 5.85. The zero-order chi connectivity index (χ0) is 14.4. The summed E-state index contributed by atoms with van der Waals surface area (Å²) < 4.78 is 0. The van der Waals surface area contributed by atoms with Gasteiger partial charge in [0.1, 0.15) is 0 Å². The number of piperidine rings is 1. The number of hydrogen-bond donors (Lipinski definition) is 1. The van der Waals surface area contributed by atoms with Gasteiger partial charge in [0.05, 0.1) is 6.54 Å². The highest BCUT2D eigenvalue weighted by Crippen LogP contribution is 2.59. The molecule has 2 aromatic rings. The summed E-state index contributed by atoms with van der Waals surface area (Å²) in [7, 11) is 1.83. The van der Waals surface area contributed by atoms with E-state index in [4.69, 9.17) is 0 Å². The molecule has 3 nitrogen and oxygen atoms in total. The van der Waals surface area contributed by atoms with Crippen LogP contribution in [-0.2, 0) is 10.2 Å². The third-order valence-electron chi connectivity index (χ3n) is 5.15. The van der Waals surface area contributed by atoms with Crippen molar-refractivity contribution in [2.75, 3.05) is 26.7 Å². The van der Waals surface area contributed by atoms with Crippen LogP contribution >= 0.6 is 12.4 Å². The number of halogens is 1. The average Bonchev–Trinajstić information content (AvgIpc) is 3.09. The van der Waals surface area contributed by atoms with Crippen molar-refractivity contribution in [3.05, 3.63) is 48.0 Å². The zero-order valence-electron chi connectivity index (χ0n) is 12.7. The molecule has 2 atom stereocenters. The first-order valence-corrected chi connectivity index (χ1v) is 7.64. The molecule has 0 unspecified atom stereocenters. The van der Waals surface area contributed by atoms with E-state index < -0.39 is 0 Å². The van der Waals surface area contributed by atoms with E-state index in [9.17, 15) is 4.79 Å². The molecular formula is C18H21ClN2O. The topological polar surface area (TPSA) is 32.3 Å². The van der Waals surface area contributed by atoms with Crippen molar-refractivity contribution in [3.63, 3.8) is 0 Å². The fraction of sp³-hybridized carbons (Fsp3) is 0.389. The lowest BCUT2D eigenvalue weighted by Crippen LogP contribution is -2.38. The van der Waals surface area contributed by atoms with Gasteiger partial charge in [-0.1, -0.05) is 42.5 Å². The summed E-state index contributed by atoms with van der Waals surface area (Å²) in [4.78, 5) is 14.1. The van der Waals surface area contributed by atoms with Crippen LogP contribution < -0.4 is 5.32 Å². The number of rotatable bonds is 3. The number of likely N-dealkylation sites (N-methyl/N-ethyl adjacent to an activating group) is 1. The van der Waals surface area contributed by atoms with Gasteiger partial charge in [-0.25, -0.2) is 0 Å². The zero-order valence-corrected chi connectivity index (χ0v) is 13.5. The van der Waals surface area contributed by atoms with Crippen molar-refractivity contribution in [1.29, 1.82) is 0 Å². The molecule has 0 spiro atoms. The van der Waals surface area contributed by atoms with Crippen molar-refractivity contribution in [2.24, 2.45) is 5.92 Å². The molecule has 0 radical (unpaired) electrons. The molecule has 0 aromatic heterocycles. The number of carbonyl (C=O) groups is 1. The smallest absolute Gasteiger partial charge is 0.236 e. The number of fused-ring (bicyclic) bond motifs is 2. The Morgan fingerprint density at radius 1 is 1.27 bits per heavy atom. The second-order valence-electron chi connectivity index (χ2n) is 6.42. The molecule has 4 heteroatoms. The molecular weight excluding hydrogens is 296 g/mol. The van der Waals surface area contributed by atoms with Gasteiger partial charge in [0.2, 0.25) is 5.91 Å². The lowest BCUT2D eigenvalue weighted by atomic mass is 9.93. The fourth-order valence-electron chi connectivity index (χ4n) is 3.88. The minimum atomic E-state index is 0. The minimum Gasteiger partial charge on any atom is -0.340 e. The van der Waals surface area contributed by atoms with Crippen LogP contribution in [0, 0.1) is 5.92 Å². The first kappa shape index (κ1) is 15.3. The van der Waals surface area contributed by atoms with Crippen LogP contribution in [0.1, 0.15) is 12.0 Å². The molecule has 1 N–H and O–H groups in total. The van der Waals surface area contributed by atoms with Crippen molar-refractivity contribution in [1.82, 2.24) is 10.2 Å². The Hall–Kier alpha value is -1.58. The van der Waals surface area contributed by atoms with Gasteiger partial charge in [0, 0.05) is 18.5 Å². The maximum Gasteiger partial charge on any atom is 0.236 e. The van der Waals surface area contributed by atoms with Crippen LogP contribution in [0.3, 0.4) is 0 Å². The summed E-state index contributed by atoms with van der Waals surface area (Å²) >= 11 is 0. The van der Waals surface area contributed by atoms with Gasteiger partial charge in [-0.05, 0) is 35.7 Å². The Bertz CT molecular complexity index is 717. The Kier molecular flexibility index (Phi) is 3.87. The molecule has 2 aliphatic rings. The third kappa shape index (κ3) is 2.29. The van der Waals surface area contributed by atoms with E-state index in [2.05, 4.69) is 47.8 Å². The van der Waals surface area contributed by atoms with Gasteiger partial charge in [-0.3, -0.25) is 4.79 Å². The largest absolute Gasteiger partial charge is 0.340 e. The summed E-state index contributed by atoms with van der Waals surface area (Å²) in [5.74, 6) is 0.879. The van der Waals surface area contributed by atoms with Gasteiger partial charge >= 0.3 is 0 Å². The van der Waals surface area contributed by atoms with Gasteiger partial charge < -0.3 is 10.2 Å². The minimum absolute atomic E-state index is 0. The number of hydrogen-bond acceptors (Lipinski definition) is 2. The van der Waals surface area contributed by atoms with Crippen LogP contribution in [0.5, 0.6) is 0 Å². The fourth-order valence-corrected chi connectivity index (χ4v) is 3.88. The molecule has 1 heterocycles. The van der Waals surface area contributed by atoms with Crippen molar-refractivity contribution < 1.29 is 4.79 Å². The monoisotopic (exact) mass is 316 g/mol. The van der Waals surface area contributed by atoms with Crippen LogP contribution in [-0.4, -0.2) is 37.5 Å². The predicted octanol–water partition coefficient (Wildman–Crippen LogP) is 2.58. The second-order valence-corrected chi connectivity index (χ2v) is 6.42. The molecule has 1 saturated heterocycles. The predicted molar refractivity (Wildman–Crippen MR) is 91.5 cm³/mol. The quantitative estimate of drug-likeness (QED) is 0.944. The Labute approximate surface area is 137 Å². The van der Waals surface area contributed by atoms with Crippen molar-refractivity contribution in [3.8, 4) is 0 Å². The number of benzene rings is 2. The summed E-state index contributed by atoms with van der Waals surface area (Å²) in [6.45, 7) is 2.25. The van der Waals surface area contributed by atoms with E-state index in [0.29, 0.717) is 12.5 Å². The summed E-state index contributed by atoms with van der Waals surface area (Å²) in [6, 6.07) is 15.3. The lowest BCUT2D eigenvalue weighted by Gasteiger charge is -2.21. The lowest BCUT2D eigenvalue weighted by molar-refractivity contribution is -0.129. The highest BCUT2D eigenvalue weighted by Gasteiger charge is 2.61. The molecule has 2 aromatic carbocycles. The normalized spacial score (nSPS) is 25.7.